The van der Waals surface area contributed by atoms with E-state index in [4.69, 9.17) is 9.47 Å². The number of aliphatic hydroxyl groups excluding tert-OH is 1. The minimum Gasteiger partial charge on any atom is -0.454 e. The minimum absolute atomic E-state index is 0.257. The Balaban J connectivity index is 1.81. The van der Waals surface area contributed by atoms with E-state index in [0.29, 0.717) is 12.2 Å². The Hall–Kier alpha value is -2.00. The smallest absolute Gasteiger partial charge is 0.231 e. The Kier molecular flexibility index (Phi) is 3.13. The fourth-order valence-corrected chi connectivity index (χ4v) is 2.29. The monoisotopic (exact) mass is 256 g/mol. The summed E-state index contributed by atoms with van der Waals surface area (Å²) in [5.41, 5.74) is 3.21. The van der Waals surface area contributed by atoms with Crippen molar-refractivity contribution in [1.82, 2.24) is 0 Å². The van der Waals surface area contributed by atoms with Gasteiger partial charge in [-0.1, -0.05) is 30.3 Å². The average Bonchev–Trinajstić information content (AvgIpc) is 2.88. The van der Waals surface area contributed by atoms with Gasteiger partial charge in [-0.25, -0.2) is 0 Å². The first kappa shape index (κ1) is 12.1. The van der Waals surface area contributed by atoms with Crippen molar-refractivity contribution in [1.29, 1.82) is 0 Å². The molecule has 1 unspecified atom stereocenters. The van der Waals surface area contributed by atoms with E-state index < -0.39 is 6.10 Å². The van der Waals surface area contributed by atoms with Crippen molar-refractivity contribution in [3.8, 4) is 11.5 Å². The predicted molar refractivity (Wildman–Crippen MR) is 72.4 cm³/mol. The van der Waals surface area contributed by atoms with E-state index >= 15 is 0 Å². The number of hydrogen-bond donors (Lipinski definition) is 1. The van der Waals surface area contributed by atoms with Gasteiger partial charge in [0, 0.05) is 6.42 Å². The van der Waals surface area contributed by atoms with E-state index in [1.54, 1.807) is 0 Å². The molecule has 1 N–H and O–H groups in total. The summed E-state index contributed by atoms with van der Waals surface area (Å²) in [6.45, 7) is 2.31. The highest BCUT2D eigenvalue weighted by Gasteiger charge is 2.17. The lowest BCUT2D eigenvalue weighted by atomic mass is 9.98. The van der Waals surface area contributed by atoms with Gasteiger partial charge >= 0.3 is 0 Å². The van der Waals surface area contributed by atoms with E-state index in [0.717, 1.165) is 16.9 Å². The van der Waals surface area contributed by atoms with Crippen LogP contribution in [0.4, 0.5) is 0 Å². The highest BCUT2D eigenvalue weighted by atomic mass is 16.7. The standard InChI is InChI=1S/C16H16O3/c1-11-4-2-3-5-12(11)8-14(17)13-6-7-15-16(9-13)19-10-18-15/h2-7,9,14,17H,8,10H2,1H3. The topological polar surface area (TPSA) is 38.7 Å². The Morgan fingerprint density at radius 3 is 2.74 bits per heavy atom. The van der Waals surface area contributed by atoms with Gasteiger partial charge in [-0.2, -0.15) is 0 Å². The highest BCUT2D eigenvalue weighted by molar-refractivity contribution is 5.45. The molecule has 3 rings (SSSR count). The van der Waals surface area contributed by atoms with Gasteiger partial charge in [-0.05, 0) is 35.7 Å². The predicted octanol–water partition coefficient (Wildman–Crippen LogP) is 3.00. The van der Waals surface area contributed by atoms with Crippen molar-refractivity contribution in [3.05, 3.63) is 59.2 Å². The largest absolute Gasteiger partial charge is 0.454 e. The van der Waals surface area contributed by atoms with Gasteiger partial charge in [0.2, 0.25) is 6.79 Å². The molecule has 19 heavy (non-hydrogen) atoms. The molecule has 2 aromatic rings. The molecule has 0 amide bonds. The number of rotatable bonds is 3. The van der Waals surface area contributed by atoms with Crippen LogP contribution in [0, 0.1) is 6.92 Å². The summed E-state index contributed by atoms with van der Waals surface area (Å²) in [4.78, 5) is 0. The lowest BCUT2D eigenvalue weighted by Crippen LogP contribution is -2.03. The van der Waals surface area contributed by atoms with E-state index in [2.05, 4.69) is 13.0 Å². The normalized spacial score (nSPS) is 14.4. The molecule has 1 atom stereocenters. The quantitative estimate of drug-likeness (QED) is 0.917. The second-order valence-corrected chi connectivity index (χ2v) is 4.76. The molecule has 3 heteroatoms. The Labute approximate surface area is 112 Å². The number of benzene rings is 2. The summed E-state index contributed by atoms with van der Waals surface area (Å²) >= 11 is 0. The van der Waals surface area contributed by atoms with Gasteiger partial charge in [-0.15, -0.1) is 0 Å². The molecular weight excluding hydrogens is 240 g/mol. The van der Waals surface area contributed by atoms with Crippen LogP contribution >= 0.6 is 0 Å². The second kappa shape index (κ2) is 4.94. The van der Waals surface area contributed by atoms with Crippen LogP contribution < -0.4 is 9.47 Å². The first-order valence-corrected chi connectivity index (χ1v) is 6.36. The minimum atomic E-state index is -0.532. The first-order chi connectivity index (χ1) is 9.24. The Bertz CT molecular complexity index is 592. The number of ether oxygens (including phenoxy) is 2. The number of hydrogen-bond acceptors (Lipinski definition) is 3. The molecule has 0 aliphatic carbocycles. The van der Waals surface area contributed by atoms with Crippen LogP contribution in [0.15, 0.2) is 42.5 Å². The fourth-order valence-electron chi connectivity index (χ4n) is 2.29. The maximum atomic E-state index is 10.3. The molecule has 0 fully saturated rings. The molecule has 0 spiro atoms. The maximum Gasteiger partial charge on any atom is 0.231 e. The van der Waals surface area contributed by atoms with Crippen LogP contribution in [0.5, 0.6) is 11.5 Å². The maximum absolute atomic E-state index is 10.3. The fraction of sp³-hybridized carbons (Fsp3) is 0.250. The van der Waals surface area contributed by atoms with Crippen molar-refractivity contribution in [3.63, 3.8) is 0 Å². The molecule has 1 aliphatic rings. The van der Waals surface area contributed by atoms with Crippen LogP contribution in [0.25, 0.3) is 0 Å². The number of aliphatic hydroxyl groups is 1. The summed E-state index contributed by atoms with van der Waals surface area (Å²) in [6, 6.07) is 13.7. The van der Waals surface area contributed by atoms with Crippen molar-refractivity contribution < 1.29 is 14.6 Å². The lowest BCUT2D eigenvalue weighted by Gasteiger charge is -2.13. The summed E-state index contributed by atoms with van der Waals surface area (Å²) in [5.74, 6) is 1.45. The molecule has 0 saturated carbocycles. The van der Waals surface area contributed by atoms with E-state index in [1.165, 1.54) is 5.56 Å². The van der Waals surface area contributed by atoms with Crippen LogP contribution in [0.1, 0.15) is 22.8 Å². The zero-order valence-electron chi connectivity index (χ0n) is 10.8. The molecule has 1 heterocycles. The van der Waals surface area contributed by atoms with Crippen molar-refractivity contribution in [2.24, 2.45) is 0 Å². The number of fused-ring (bicyclic) bond motifs is 1. The van der Waals surface area contributed by atoms with E-state index in [-0.39, 0.29) is 6.79 Å². The summed E-state index contributed by atoms with van der Waals surface area (Å²) in [7, 11) is 0. The number of aryl methyl sites for hydroxylation is 1. The molecule has 1 aliphatic heterocycles. The van der Waals surface area contributed by atoms with Gasteiger partial charge in [0.05, 0.1) is 6.10 Å². The second-order valence-electron chi connectivity index (χ2n) is 4.76. The van der Waals surface area contributed by atoms with Gasteiger partial charge in [0.1, 0.15) is 0 Å². The van der Waals surface area contributed by atoms with Gasteiger partial charge in [-0.3, -0.25) is 0 Å². The van der Waals surface area contributed by atoms with Crippen LogP contribution in [-0.4, -0.2) is 11.9 Å². The molecule has 0 aromatic heterocycles. The van der Waals surface area contributed by atoms with Crippen LogP contribution in [-0.2, 0) is 6.42 Å². The summed E-state index contributed by atoms with van der Waals surface area (Å²) < 4.78 is 10.6. The van der Waals surface area contributed by atoms with Gasteiger partial charge in [0.15, 0.2) is 11.5 Å². The van der Waals surface area contributed by atoms with Gasteiger partial charge < -0.3 is 14.6 Å². The van der Waals surface area contributed by atoms with Crippen molar-refractivity contribution in [2.45, 2.75) is 19.4 Å². The molecular formula is C16H16O3. The zero-order chi connectivity index (χ0) is 13.2. The van der Waals surface area contributed by atoms with Crippen LogP contribution in [0.3, 0.4) is 0 Å². The van der Waals surface area contributed by atoms with E-state index in [1.807, 2.05) is 36.4 Å². The summed E-state index contributed by atoms with van der Waals surface area (Å²) in [6.07, 6.45) is 0.0716. The Morgan fingerprint density at radius 2 is 1.89 bits per heavy atom. The molecule has 3 nitrogen and oxygen atoms in total. The average molecular weight is 256 g/mol. The van der Waals surface area contributed by atoms with Gasteiger partial charge in [0.25, 0.3) is 0 Å². The van der Waals surface area contributed by atoms with Crippen molar-refractivity contribution in [2.75, 3.05) is 6.79 Å². The van der Waals surface area contributed by atoms with E-state index in [9.17, 15) is 5.11 Å². The lowest BCUT2D eigenvalue weighted by molar-refractivity contribution is 0.171. The first-order valence-electron chi connectivity index (χ1n) is 6.36. The SMILES string of the molecule is Cc1ccccc1CC(O)c1ccc2c(c1)OCO2. The molecule has 0 saturated heterocycles. The molecule has 98 valence electrons. The third-order valence-corrected chi connectivity index (χ3v) is 3.46. The molecule has 2 aromatic carbocycles. The third-order valence-electron chi connectivity index (χ3n) is 3.46. The molecule has 0 radical (unpaired) electrons. The van der Waals surface area contributed by atoms with Crippen LogP contribution in [0.2, 0.25) is 0 Å². The zero-order valence-corrected chi connectivity index (χ0v) is 10.8. The third kappa shape index (κ3) is 2.42. The molecule has 0 bridgehead atoms. The Morgan fingerprint density at radius 1 is 1.11 bits per heavy atom. The highest BCUT2D eigenvalue weighted by Crippen LogP contribution is 2.34. The van der Waals surface area contributed by atoms with Crippen molar-refractivity contribution >= 4 is 0 Å². The summed E-state index contributed by atoms with van der Waals surface area (Å²) in [5, 5.41) is 10.3.